The monoisotopic (exact) mass is 474 g/mol. The molecule has 166 valence electrons. The number of benzene rings is 2. The fourth-order valence-corrected chi connectivity index (χ4v) is 3.71. The molecule has 0 fully saturated rings. The number of hydrogen-bond acceptors (Lipinski definition) is 6. The van der Waals surface area contributed by atoms with Gasteiger partial charge in [0.1, 0.15) is 18.2 Å². The Morgan fingerprint density at radius 1 is 1.28 bits per heavy atom. The van der Waals surface area contributed by atoms with E-state index in [4.69, 9.17) is 16.3 Å². The van der Waals surface area contributed by atoms with E-state index in [0.29, 0.717) is 34.5 Å². The minimum absolute atomic E-state index is 0.0524. The molecule has 1 N–H and O–H groups in total. The van der Waals surface area contributed by atoms with E-state index >= 15 is 0 Å². The van der Waals surface area contributed by atoms with Crippen molar-refractivity contribution < 1.29 is 18.7 Å². The summed E-state index contributed by atoms with van der Waals surface area (Å²) in [6.45, 7) is 5.67. The maximum absolute atomic E-state index is 13.2. The lowest BCUT2D eigenvalue weighted by atomic mass is 10.1. The predicted octanol–water partition coefficient (Wildman–Crippen LogP) is 4.77. The second-order valence-electron chi connectivity index (χ2n) is 6.64. The number of carbonyl (C=O) groups excluding carboxylic acids is 2. The Morgan fingerprint density at radius 3 is 2.81 bits per heavy atom. The second-order valence-corrected chi connectivity index (χ2v) is 7.99. The number of Topliss-reactive ketones (excluding diaryl/α,β-unsaturated/α-hetero) is 1. The summed E-state index contributed by atoms with van der Waals surface area (Å²) in [7, 11) is 0. The Balaban J connectivity index is 1.63. The molecule has 32 heavy (non-hydrogen) atoms. The fourth-order valence-electron chi connectivity index (χ4n) is 2.72. The molecular weight excluding hydrogens is 455 g/mol. The minimum Gasteiger partial charge on any atom is -0.484 e. The molecule has 7 nitrogen and oxygen atoms in total. The summed E-state index contributed by atoms with van der Waals surface area (Å²) < 4.78 is 20.6. The van der Waals surface area contributed by atoms with E-state index in [0.717, 1.165) is 6.07 Å². The third-order valence-electron chi connectivity index (χ3n) is 4.24. The van der Waals surface area contributed by atoms with E-state index in [1.807, 2.05) is 0 Å². The van der Waals surface area contributed by atoms with Crippen LogP contribution in [0.15, 0.2) is 60.3 Å². The number of amides is 1. The first-order valence-electron chi connectivity index (χ1n) is 9.52. The molecule has 1 aromatic heterocycles. The first-order chi connectivity index (χ1) is 15.4. The van der Waals surface area contributed by atoms with E-state index in [-0.39, 0.29) is 29.1 Å². The van der Waals surface area contributed by atoms with Crippen LogP contribution in [0.2, 0.25) is 5.02 Å². The van der Waals surface area contributed by atoms with E-state index in [2.05, 4.69) is 22.1 Å². The van der Waals surface area contributed by atoms with E-state index in [1.165, 1.54) is 30.8 Å². The maximum Gasteiger partial charge on any atom is 0.234 e. The van der Waals surface area contributed by atoms with Crippen molar-refractivity contribution in [2.24, 2.45) is 0 Å². The van der Waals surface area contributed by atoms with Crippen molar-refractivity contribution in [1.82, 2.24) is 14.8 Å². The largest absolute Gasteiger partial charge is 0.484 e. The Hall–Kier alpha value is -3.17. The van der Waals surface area contributed by atoms with Crippen LogP contribution in [0.1, 0.15) is 23.1 Å². The standard InChI is InChI=1S/C22H20ClFN4O3S/c1-3-9-28-20(12-31-19-8-7-16(24)11-18(19)23)26-27-22(28)32-13-21(30)25-17-6-4-5-15(10-17)14(2)29/h3-8,10-11H,1,9,12-13H2,2H3,(H,25,30). The summed E-state index contributed by atoms with van der Waals surface area (Å²) in [5.74, 6) is 0.126. The van der Waals surface area contributed by atoms with Crippen LogP contribution in [-0.4, -0.2) is 32.2 Å². The number of halogens is 2. The van der Waals surface area contributed by atoms with Gasteiger partial charge in [0.15, 0.2) is 16.8 Å². The Morgan fingerprint density at radius 2 is 2.09 bits per heavy atom. The number of aromatic nitrogens is 3. The second kappa shape index (κ2) is 10.9. The number of ether oxygens (including phenoxy) is 1. The zero-order chi connectivity index (χ0) is 23.1. The topological polar surface area (TPSA) is 86.1 Å². The average molecular weight is 475 g/mol. The molecule has 0 aliphatic carbocycles. The third-order valence-corrected chi connectivity index (χ3v) is 5.50. The van der Waals surface area contributed by atoms with Gasteiger partial charge >= 0.3 is 0 Å². The van der Waals surface area contributed by atoms with Crippen molar-refractivity contribution in [3.05, 3.63) is 77.3 Å². The van der Waals surface area contributed by atoms with Crippen LogP contribution in [0.3, 0.4) is 0 Å². The summed E-state index contributed by atoms with van der Waals surface area (Å²) >= 11 is 7.19. The van der Waals surface area contributed by atoms with Crippen molar-refractivity contribution in [3.8, 4) is 5.75 Å². The van der Waals surface area contributed by atoms with Gasteiger partial charge in [-0.25, -0.2) is 4.39 Å². The molecular formula is C22H20ClFN4O3S. The molecule has 0 radical (unpaired) electrons. The lowest BCUT2D eigenvalue weighted by Gasteiger charge is -2.10. The molecule has 0 spiro atoms. The van der Waals surface area contributed by atoms with Crippen molar-refractivity contribution in [3.63, 3.8) is 0 Å². The highest BCUT2D eigenvalue weighted by Crippen LogP contribution is 2.26. The van der Waals surface area contributed by atoms with Gasteiger partial charge in [-0.15, -0.1) is 16.8 Å². The Bertz CT molecular complexity index is 1150. The molecule has 10 heteroatoms. The van der Waals surface area contributed by atoms with Crippen LogP contribution in [0.5, 0.6) is 5.75 Å². The van der Waals surface area contributed by atoms with Crippen LogP contribution in [0, 0.1) is 5.82 Å². The summed E-state index contributed by atoms with van der Waals surface area (Å²) in [6, 6.07) is 10.6. The predicted molar refractivity (Wildman–Crippen MR) is 122 cm³/mol. The number of nitrogens with one attached hydrogen (secondary N) is 1. The van der Waals surface area contributed by atoms with Gasteiger partial charge in [0.05, 0.1) is 10.8 Å². The number of anilines is 1. The molecule has 3 aromatic rings. The van der Waals surface area contributed by atoms with Gasteiger partial charge in [-0.1, -0.05) is 41.6 Å². The third kappa shape index (κ3) is 6.18. The molecule has 0 atom stereocenters. The quantitative estimate of drug-likeness (QED) is 0.259. The Kier molecular flexibility index (Phi) is 8.02. The van der Waals surface area contributed by atoms with E-state index in [1.54, 1.807) is 34.9 Å². The fraction of sp³-hybridized carbons (Fsp3) is 0.182. The molecule has 0 saturated heterocycles. The number of ketones is 1. The average Bonchev–Trinajstić information content (AvgIpc) is 3.13. The number of carbonyl (C=O) groups is 2. The minimum atomic E-state index is -0.456. The van der Waals surface area contributed by atoms with Gasteiger partial charge in [-0.2, -0.15) is 0 Å². The smallest absolute Gasteiger partial charge is 0.234 e. The first-order valence-corrected chi connectivity index (χ1v) is 10.9. The molecule has 3 rings (SSSR count). The molecule has 1 heterocycles. The highest BCUT2D eigenvalue weighted by atomic mass is 35.5. The molecule has 0 aliphatic rings. The summed E-state index contributed by atoms with van der Waals surface area (Å²) in [5, 5.41) is 11.7. The van der Waals surface area contributed by atoms with Crippen LogP contribution in [0.4, 0.5) is 10.1 Å². The van der Waals surface area contributed by atoms with Crippen LogP contribution in [0.25, 0.3) is 0 Å². The molecule has 0 unspecified atom stereocenters. The molecule has 2 aromatic carbocycles. The van der Waals surface area contributed by atoms with E-state index in [9.17, 15) is 14.0 Å². The van der Waals surface area contributed by atoms with Crippen molar-refractivity contribution in [2.45, 2.75) is 25.2 Å². The van der Waals surface area contributed by atoms with Gasteiger partial charge in [-0.05, 0) is 37.3 Å². The first kappa shape index (κ1) is 23.5. The normalized spacial score (nSPS) is 10.6. The zero-order valence-corrected chi connectivity index (χ0v) is 18.8. The van der Waals surface area contributed by atoms with E-state index < -0.39 is 5.82 Å². The number of allylic oxidation sites excluding steroid dienone is 1. The molecule has 1 amide bonds. The van der Waals surface area contributed by atoms with Crippen LogP contribution < -0.4 is 10.1 Å². The van der Waals surface area contributed by atoms with Crippen LogP contribution in [-0.2, 0) is 17.9 Å². The Labute approximate surface area is 193 Å². The van der Waals surface area contributed by atoms with Crippen molar-refractivity contribution >= 4 is 40.7 Å². The maximum atomic E-state index is 13.2. The zero-order valence-electron chi connectivity index (χ0n) is 17.2. The summed E-state index contributed by atoms with van der Waals surface area (Å²) in [5.41, 5.74) is 1.06. The highest BCUT2D eigenvalue weighted by molar-refractivity contribution is 7.99. The van der Waals surface area contributed by atoms with Gasteiger partial charge in [0, 0.05) is 17.8 Å². The molecule has 0 saturated carbocycles. The number of nitrogens with zero attached hydrogens (tertiary/aromatic N) is 3. The van der Waals surface area contributed by atoms with Crippen molar-refractivity contribution in [1.29, 1.82) is 0 Å². The van der Waals surface area contributed by atoms with Gasteiger partial charge < -0.3 is 10.1 Å². The van der Waals surface area contributed by atoms with Crippen molar-refractivity contribution in [2.75, 3.05) is 11.1 Å². The van der Waals surface area contributed by atoms with Gasteiger partial charge in [0.2, 0.25) is 5.91 Å². The summed E-state index contributed by atoms with van der Waals surface area (Å²) in [6.07, 6.45) is 1.68. The number of thioether (sulfide) groups is 1. The highest BCUT2D eigenvalue weighted by Gasteiger charge is 2.15. The molecule has 0 bridgehead atoms. The number of rotatable bonds is 10. The van der Waals surface area contributed by atoms with Gasteiger partial charge in [0.25, 0.3) is 0 Å². The van der Waals surface area contributed by atoms with Crippen LogP contribution >= 0.6 is 23.4 Å². The lowest BCUT2D eigenvalue weighted by Crippen LogP contribution is -2.15. The molecule has 0 aliphatic heterocycles. The number of hydrogen-bond donors (Lipinski definition) is 1. The van der Waals surface area contributed by atoms with Gasteiger partial charge in [-0.3, -0.25) is 14.2 Å². The SMILES string of the molecule is C=CCn1c(COc2ccc(F)cc2Cl)nnc1SCC(=O)Nc1cccc(C(C)=O)c1. The summed E-state index contributed by atoms with van der Waals surface area (Å²) in [4.78, 5) is 23.8. The lowest BCUT2D eigenvalue weighted by molar-refractivity contribution is -0.113.